The molecule has 220 valence electrons. The van der Waals surface area contributed by atoms with Crippen LogP contribution in [0, 0.1) is 10.8 Å². The lowest BCUT2D eigenvalue weighted by molar-refractivity contribution is 0.0316. The molecule has 0 atom stereocenters. The Kier molecular flexibility index (Phi) is 10.8. The summed E-state index contributed by atoms with van der Waals surface area (Å²) in [5.41, 5.74) is 2.60. The van der Waals surface area contributed by atoms with Crippen molar-refractivity contribution in [3.63, 3.8) is 0 Å². The zero-order chi connectivity index (χ0) is 29.5. The van der Waals surface area contributed by atoms with Gasteiger partial charge in [-0.1, -0.05) is 27.7 Å². The molecule has 40 heavy (non-hydrogen) atoms. The van der Waals surface area contributed by atoms with Gasteiger partial charge in [-0.2, -0.15) is 0 Å². The predicted octanol–water partition coefficient (Wildman–Crippen LogP) is 6.43. The van der Waals surface area contributed by atoms with Crippen molar-refractivity contribution in [3.05, 3.63) is 58.7 Å². The Bertz CT molecular complexity index is 1080. The topological polar surface area (TPSA) is 68.3 Å². The lowest BCUT2D eigenvalue weighted by Crippen LogP contribution is -2.24. The predicted molar refractivity (Wildman–Crippen MR) is 159 cm³/mol. The number of hydrogen-bond acceptors (Lipinski definition) is 7. The highest BCUT2D eigenvalue weighted by Gasteiger charge is 2.25. The molecule has 2 aromatic rings. The molecule has 0 saturated carbocycles. The van der Waals surface area contributed by atoms with Gasteiger partial charge in [0.05, 0.1) is 24.3 Å². The molecular weight excluding hydrogens is 504 g/mol. The van der Waals surface area contributed by atoms with E-state index >= 15 is 0 Å². The van der Waals surface area contributed by atoms with Gasteiger partial charge in [0, 0.05) is 17.5 Å². The maximum Gasteiger partial charge on any atom is 0.338 e. The Balaban J connectivity index is 1.59. The van der Waals surface area contributed by atoms with Crippen LogP contribution in [-0.2, 0) is 15.9 Å². The van der Waals surface area contributed by atoms with Gasteiger partial charge >= 0.3 is 11.9 Å². The third-order valence-electron chi connectivity index (χ3n) is 7.30. The molecule has 0 radical (unpaired) electrons. The van der Waals surface area contributed by atoms with Crippen molar-refractivity contribution in [3.8, 4) is 11.5 Å². The van der Waals surface area contributed by atoms with Crippen LogP contribution >= 0.6 is 0 Å². The van der Waals surface area contributed by atoms with E-state index < -0.39 is 0 Å². The lowest BCUT2D eigenvalue weighted by atomic mass is 9.89. The number of carbonyl (C=O) groups is 2. The normalized spacial score (nSPS) is 13.1. The summed E-state index contributed by atoms with van der Waals surface area (Å²) in [4.78, 5) is 30.1. The Labute approximate surface area is 240 Å². The Hall–Kier alpha value is -2.90. The molecule has 7 nitrogen and oxygen atoms in total. The van der Waals surface area contributed by atoms with Gasteiger partial charge in [-0.05, 0) is 114 Å². The van der Waals surface area contributed by atoms with E-state index in [1.54, 1.807) is 12.1 Å². The second-order valence-corrected chi connectivity index (χ2v) is 13.2. The molecular formula is C33H48N2O5. The highest BCUT2D eigenvalue weighted by molar-refractivity contribution is 5.91. The SMILES string of the molecule is CN(C)CCCC(C)(C)COC(=O)c1ccc2c(c1)Cc1cc(C(=O)OCC(C)(C)CCCN(C)C)ccc1O2. The highest BCUT2D eigenvalue weighted by Crippen LogP contribution is 2.38. The molecule has 3 rings (SSSR count). The second-order valence-electron chi connectivity index (χ2n) is 13.2. The number of esters is 2. The van der Waals surface area contributed by atoms with E-state index in [0.29, 0.717) is 42.3 Å². The van der Waals surface area contributed by atoms with Crippen LogP contribution in [0.5, 0.6) is 11.5 Å². The third kappa shape index (κ3) is 9.63. The summed E-state index contributed by atoms with van der Waals surface area (Å²) >= 11 is 0. The number of rotatable bonds is 14. The summed E-state index contributed by atoms with van der Waals surface area (Å²) in [7, 11) is 8.25. The molecule has 0 spiro atoms. The first-order valence-electron chi connectivity index (χ1n) is 14.3. The summed E-state index contributed by atoms with van der Waals surface area (Å²) in [6, 6.07) is 10.8. The van der Waals surface area contributed by atoms with Gasteiger partial charge in [-0.15, -0.1) is 0 Å². The number of benzene rings is 2. The number of ether oxygens (including phenoxy) is 3. The molecule has 1 aliphatic heterocycles. The first-order valence-corrected chi connectivity index (χ1v) is 14.3. The maximum absolute atomic E-state index is 12.9. The van der Waals surface area contributed by atoms with Gasteiger partial charge in [-0.3, -0.25) is 0 Å². The van der Waals surface area contributed by atoms with E-state index in [2.05, 4.69) is 65.7 Å². The van der Waals surface area contributed by atoms with Gasteiger partial charge in [-0.25, -0.2) is 9.59 Å². The smallest absolute Gasteiger partial charge is 0.338 e. The molecule has 0 aliphatic carbocycles. The van der Waals surface area contributed by atoms with Crippen molar-refractivity contribution in [2.45, 2.75) is 59.8 Å². The minimum atomic E-state index is -0.334. The Morgan fingerprint density at radius 1 is 0.725 bits per heavy atom. The average molecular weight is 553 g/mol. The molecule has 0 fully saturated rings. The van der Waals surface area contributed by atoms with Crippen LogP contribution in [0.1, 0.15) is 85.2 Å². The number of hydrogen-bond donors (Lipinski definition) is 0. The summed E-state index contributed by atoms with van der Waals surface area (Å²) in [5, 5.41) is 0. The van der Waals surface area contributed by atoms with E-state index in [9.17, 15) is 9.59 Å². The first kappa shape index (κ1) is 31.6. The zero-order valence-electron chi connectivity index (χ0n) is 25.8. The summed E-state index contributed by atoms with van der Waals surface area (Å²) in [6.07, 6.45) is 4.62. The van der Waals surface area contributed by atoms with Crippen LogP contribution in [0.2, 0.25) is 0 Å². The van der Waals surface area contributed by atoms with Crippen LogP contribution in [0.3, 0.4) is 0 Å². The molecule has 1 aliphatic rings. The van der Waals surface area contributed by atoms with E-state index in [4.69, 9.17) is 14.2 Å². The van der Waals surface area contributed by atoms with Crippen LogP contribution in [-0.4, -0.2) is 76.2 Å². The number of nitrogens with zero attached hydrogens (tertiary/aromatic N) is 2. The molecule has 0 unspecified atom stereocenters. The lowest BCUT2D eigenvalue weighted by Gasteiger charge is -2.25. The van der Waals surface area contributed by atoms with Gasteiger partial charge in [0.2, 0.25) is 0 Å². The van der Waals surface area contributed by atoms with Gasteiger partial charge in [0.15, 0.2) is 0 Å². The van der Waals surface area contributed by atoms with Gasteiger partial charge in [0.1, 0.15) is 11.5 Å². The Morgan fingerprint density at radius 3 is 1.50 bits per heavy atom. The fourth-order valence-electron chi connectivity index (χ4n) is 4.79. The molecule has 0 amide bonds. The Morgan fingerprint density at radius 2 is 1.12 bits per heavy atom. The van der Waals surface area contributed by atoms with E-state index in [1.165, 1.54) is 0 Å². The third-order valence-corrected chi connectivity index (χ3v) is 7.30. The molecule has 1 heterocycles. The molecule has 0 aromatic heterocycles. The van der Waals surface area contributed by atoms with Gasteiger partial charge < -0.3 is 24.0 Å². The minimum absolute atomic E-state index is 0.0889. The van der Waals surface area contributed by atoms with Crippen LogP contribution in [0.4, 0.5) is 0 Å². The van der Waals surface area contributed by atoms with Crippen molar-refractivity contribution in [1.82, 2.24) is 9.80 Å². The standard InChI is InChI=1S/C33H48N2O5/c1-32(2,15-9-17-34(5)6)22-38-30(36)24-11-13-28-26(19-24)21-27-20-25(12-14-29(27)40-28)31(37)39-23-33(3,4)16-10-18-35(7)8/h11-14,19-20H,9-10,15-18,21-23H2,1-8H3. The molecule has 0 bridgehead atoms. The second kappa shape index (κ2) is 13.6. The minimum Gasteiger partial charge on any atom is -0.462 e. The molecule has 7 heteroatoms. The quantitative estimate of drug-likeness (QED) is 0.213. The zero-order valence-corrected chi connectivity index (χ0v) is 25.8. The van der Waals surface area contributed by atoms with E-state index in [1.807, 2.05) is 24.3 Å². The maximum atomic E-state index is 12.9. The first-order chi connectivity index (χ1) is 18.7. The molecule has 0 saturated heterocycles. The van der Waals surface area contributed by atoms with E-state index in [0.717, 1.165) is 49.9 Å². The van der Waals surface area contributed by atoms with Crippen molar-refractivity contribution in [1.29, 1.82) is 0 Å². The largest absolute Gasteiger partial charge is 0.462 e. The van der Waals surface area contributed by atoms with Crippen molar-refractivity contribution < 1.29 is 23.8 Å². The number of carbonyl (C=O) groups excluding carboxylic acids is 2. The van der Waals surface area contributed by atoms with Crippen LogP contribution < -0.4 is 4.74 Å². The summed E-state index contributed by atoms with van der Waals surface area (Å²) in [5.74, 6) is 0.755. The fraction of sp³-hybridized carbons (Fsp3) is 0.576. The monoisotopic (exact) mass is 552 g/mol. The van der Waals surface area contributed by atoms with Gasteiger partial charge in [0.25, 0.3) is 0 Å². The summed E-state index contributed by atoms with van der Waals surface area (Å²) < 4.78 is 17.5. The average Bonchev–Trinajstić information content (AvgIpc) is 2.88. The van der Waals surface area contributed by atoms with Crippen molar-refractivity contribution >= 4 is 11.9 Å². The highest BCUT2D eigenvalue weighted by atomic mass is 16.5. The molecule has 2 aromatic carbocycles. The van der Waals surface area contributed by atoms with Crippen molar-refractivity contribution in [2.24, 2.45) is 10.8 Å². The van der Waals surface area contributed by atoms with Crippen LogP contribution in [0.15, 0.2) is 36.4 Å². The van der Waals surface area contributed by atoms with E-state index in [-0.39, 0.29) is 22.8 Å². The summed E-state index contributed by atoms with van der Waals surface area (Å²) in [6.45, 7) is 11.3. The van der Waals surface area contributed by atoms with Crippen LogP contribution in [0.25, 0.3) is 0 Å². The number of fused-ring (bicyclic) bond motifs is 2. The molecule has 0 N–H and O–H groups in total. The fourth-order valence-corrected chi connectivity index (χ4v) is 4.79. The van der Waals surface area contributed by atoms with Crippen molar-refractivity contribution in [2.75, 3.05) is 54.5 Å².